The Bertz CT molecular complexity index is 631. The molecule has 0 amide bonds. The maximum absolute atomic E-state index is 11.6. The molecule has 2 N–H and O–H groups in total. The molecule has 0 saturated carbocycles. The molecule has 0 aliphatic rings. The van der Waals surface area contributed by atoms with Crippen molar-refractivity contribution in [3.8, 4) is 0 Å². The lowest BCUT2D eigenvalue weighted by Crippen LogP contribution is -2.08. The molecule has 1 aromatic carbocycles. The van der Waals surface area contributed by atoms with Gasteiger partial charge in [0.2, 0.25) is 5.89 Å². The van der Waals surface area contributed by atoms with Crippen LogP contribution >= 0.6 is 0 Å². The fraction of sp³-hybridized carbons (Fsp3) is 0.364. The van der Waals surface area contributed by atoms with Gasteiger partial charge in [0.1, 0.15) is 11.3 Å². The first-order chi connectivity index (χ1) is 8.00. The Morgan fingerprint density at radius 2 is 2.18 bits per heavy atom. The highest BCUT2D eigenvalue weighted by atomic mass is 32.2. The highest BCUT2D eigenvalue weighted by Crippen LogP contribution is 2.19. The molecule has 0 bridgehead atoms. The molecule has 92 valence electrons. The molecule has 0 fully saturated rings. The minimum atomic E-state index is -3.13. The summed E-state index contributed by atoms with van der Waals surface area (Å²) < 4.78 is 28.6. The van der Waals surface area contributed by atoms with Gasteiger partial charge in [-0.2, -0.15) is 0 Å². The molecule has 2 aromatic rings. The van der Waals surface area contributed by atoms with Gasteiger partial charge in [-0.15, -0.1) is 0 Å². The van der Waals surface area contributed by atoms with Gasteiger partial charge < -0.3 is 10.2 Å². The molecule has 1 heterocycles. The first-order valence-electron chi connectivity index (χ1n) is 5.35. The second-order valence-corrected chi connectivity index (χ2v) is 6.11. The SMILES string of the molecule is CCCS(=O)(=O)Cc1nc2cc(N)ccc2o1. The number of nitrogens with zero attached hydrogens (tertiary/aromatic N) is 1. The molecule has 0 aliphatic heterocycles. The monoisotopic (exact) mass is 254 g/mol. The van der Waals surface area contributed by atoms with Gasteiger partial charge in [0.05, 0.1) is 5.75 Å². The zero-order valence-corrected chi connectivity index (χ0v) is 10.3. The van der Waals surface area contributed by atoms with Gasteiger partial charge in [0.15, 0.2) is 15.4 Å². The number of fused-ring (bicyclic) bond motifs is 1. The number of hydrogen-bond acceptors (Lipinski definition) is 5. The van der Waals surface area contributed by atoms with Crippen LogP contribution in [0.15, 0.2) is 22.6 Å². The van der Waals surface area contributed by atoms with Crippen molar-refractivity contribution in [2.75, 3.05) is 11.5 Å². The molecule has 0 aliphatic carbocycles. The Balaban J connectivity index is 2.31. The van der Waals surface area contributed by atoms with Crippen LogP contribution in [-0.4, -0.2) is 19.2 Å². The summed E-state index contributed by atoms with van der Waals surface area (Å²) in [7, 11) is -3.13. The Labute approximate surface area is 99.6 Å². The summed E-state index contributed by atoms with van der Waals surface area (Å²) >= 11 is 0. The summed E-state index contributed by atoms with van der Waals surface area (Å²) in [6.07, 6.45) is 0.593. The van der Waals surface area contributed by atoms with Crippen LogP contribution in [0, 0.1) is 0 Å². The molecule has 6 heteroatoms. The number of aromatic nitrogens is 1. The van der Waals surface area contributed by atoms with Crippen LogP contribution in [0.4, 0.5) is 5.69 Å². The van der Waals surface area contributed by atoms with Crippen molar-refractivity contribution in [2.24, 2.45) is 0 Å². The molecule has 17 heavy (non-hydrogen) atoms. The van der Waals surface area contributed by atoms with E-state index in [9.17, 15) is 8.42 Å². The number of rotatable bonds is 4. The van der Waals surface area contributed by atoms with Gasteiger partial charge in [0.25, 0.3) is 0 Å². The lowest BCUT2D eigenvalue weighted by Gasteiger charge is -1.97. The molecular weight excluding hydrogens is 240 g/mol. The van der Waals surface area contributed by atoms with Crippen LogP contribution in [0.2, 0.25) is 0 Å². The first-order valence-corrected chi connectivity index (χ1v) is 7.17. The van der Waals surface area contributed by atoms with Crippen LogP contribution in [0.3, 0.4) is 0 Å². The third kappa shape index (κ3) is 2.76. The zero-order chi connectivity index (χ0) is 12.5. The number of nitrogens with two attached hydrogens (primary N) is 1. The van der Waals surface area contributed by atoms with Crippen molar-refractivity contribution in [3.05, 3.63) is 24.1 Å². The number of sulfone groups is 1. The second-order valence-electron chi connectivity index (χ2n) is 3.93. The van der Waals surface area contributed by atoms with Gasteiger partial charge >= 0.3 is 0 Å². The van der Waals surface area contributed by atoms with E-state index in [4.69, 9.17) is 10.2 Å². The molecular formula is C11H14N2O3S. The summed E-state index contributed by atoms with van der Waals surface area (Å²) in [5.74, 6) is 0.211. The summed E-state index contributed by atoms with van der Waals surface area (Å²) in [5, 5.41) is 0. The molecule has 0 unspecified atom stereocenters. The van der Waals surface area contributed by atoms with E-state index in [0.29, 0.717) is 23.2 Å². The quantitative estimate of drug-likeness (QED) is 0.840. The van der Waals surface area contributed by atoms with E-state index in [-0.39, 0.29) is 17.4 Å². The zero-order valence-electron chi connectivity index (χ0n) is 9.51. The Morgan fingerprint density at radius 1 is 1.41 bits per heavy atom. The van der Waals surface area contributed by atoms with Crippen LogP contribution in [0.5, 0.6) is 0 Å². The predicted molar refractivity (Wildman–Crippen MR) is 66.2 cm³/mol. The van der Waals surface area contributed by atoms with Gasteiger partial charge in [0, 0.05) is 5.69 Å². The summed E-state index contributed by atoms with van der Waals surface area (Å²) in [6, 6.07) is 5.04. The third-order valence-electron chi connectivity index (χ3n) is 2.31. The average Bonchev–Trinajstić information content (AvgIpc) is 2.57. The van der Waals surface area contributed by atoms with E-state index < -0.39 is 9.84 Å². The van der Waals surface area contributed by atoms with Gasteiger partial charge in [-0.3, -0.25) is 0 Å². The number of benzene rings is 1. The Morgan fingerprint density at radius 3 is 2.88 bits per heavy atom. The number of oxazole rings is 1. The molecule has 1 aromatic heterocycles. The van der Waals surface area contributed by atoms with Crippen LogP contribution < -0.4 is 5.73 Å². The Kier molecular flexibility index (Phi) is 3.06. The highest BCUT2D eigenvalue weighted by molar-refractivity contribution is 7.90. The van der Waals surface area contributed by atoms with Crippen molar-refractivity contribution in [1.29, 1.82) is 0 Å². The largest absolute Gasteiger partial charge is 0.440 e. The minimum Gasteiger partial charge on any atom is -0.440 e. The van der Waals surface area contributed by atoms with Gasteiger partial charge in [-0.1, -0.05) is 6.92 Å². The fourth-order valence-corrected chi connectivity index (χ4v) is 2.89. The Hall–Kier alpha value is -1.56. The van der Waals surface area contributed by atoms with Crippen LogP contribution in [-0.2, 0) is 15.6 Å². The first kappa shape index (κ1) is 11.9. The summed E-state index contributed by atoms with van der Waals surface area (Å²) in [6.45, 7) is 1.82. The molecule has 0 radical (unpaired) electrons. The van der Waals surface area contributed by atoms with Crippen molar-refractivity contribution in [2.45, 2.75) is 19.1 Å². The third-order valence-corrected chi connectivity index (χ3v) is 4.03. The molecule has 0 atom stereocenters. The van der Waals surface area contributed by atoms with Crippen molar-refractivity contribution in [1.82, 2.24) is 4.98 Å². The molecule has 0 saturated heterocycles. The molecule has 2 rings (SSSR count). The summed E-state index contributed by atoms with van der Waals surface area (Å²) in [5.41, 5.74) is 7.33. The van der Waals surface area contributed by atoms with Crippen molar-refractivity contribution < 1.29 is 12.8 Å². The maximum atomic E-state index is 11.6. The van der Waals surface area contributed by atoms with Crippen molar-refractivity contribution >= 4 is 26.6 Å². The lowest BCUT2D eigenvalue weighted by atomic mass is 10.3. The normalized spacial score (nSPS) is 12.1. The van der Waals surface area contributed by atoms with E-state index in [1.165, 1.54) is 0 Å². The molecule has 5 nitrogen and oxygen atoms in total. The number of anilines is 1. The minimum absolute atomic E-state index is 0.147. The summed E-state index contributed by atoms with van der Waals surface area (Å²) in [4.78, 5) is 4.12. The van der Waals surface area contributed by atoms with Crippen LogP contribution in [0.1, 0.15) is 19.2 Å². The standard InChI is InChI=1S/C11H14N2O3S/c1-2-5-17(14,15)7-11-13-9-6-8(12)3-4-10(9)16-11/h3-4,6H,2,5,7,12H2,1H3. The van der Waals surface area contributed by atoms with Gasteiger partial charge in [-0.05, 0) is 24.6 Å². The smallest absolute Gasteiger partial charge is 0.210 e. The molecule has 0 spiro atoms. The lowest BCUT2D eigenvalue weighted by molar-refractivity contribution is 0.539. The van der Waals surface area contributed by atoms with E-state index in [1.54, 1.807) is 18.2 Å². The average molecular weight is 254 g/mol. The fourth-order valence-electron chi connectivity index (χ4n) is 1.63. The highest BCUT2D eigenvalue weighted by Gasteiger charge is 2.15. The topological polar surface area (TPSA) is 86.2 Å². The van der Waals surface area contributed by atoms with E-state index >= 15 is 0 Å². The van der Waals surface area contributed by atoms with E-state index in [2.05, 4.69) is 4.98 Å². The van der Waals surface area contributed by atoms with Crippen molar-refractivity contribution in [3.63, 3.8) is 0 Å². The predicted octanol–water partition coefficient (Wildman–Crippen LogP) is 1.73. The number of hydrogen-bond donors (Lipinski definition) is 1. The van der Waals surface area contributed by atoms with Crippen LogP contribution in [0.25, 0.3) is 11.1 Å². The van der Waals surface area contributed by atoms with E-state index in [0.717, 1.165) is 0 Å². The van der Waals surface area contributed by atoms with Gasteiger partial charge in [-0.25, -0.2) is 13.4 Å². The number of nitrogen functional groups attached to an aromatic ring is 1. The van der Waals surface area contributed by atoms with E-state index in [1.807, 2.05) is 6.92 Å². The second kappa shape index (κ2) is 4.37. The maximum Gasteiger partial charge on any atom is 0.210 e.